The Labute approximate surface area is 83.8 Å². The molecule has 1 rings (SSSR count). The summed E-state index contributed by atoms with van der Waals surface area (Å²) in [5.74, 6) is 0. The molecule has 0 spiro atoms. The first-order valence-electron chi connectivity index (χ1n) is 3.78. The zero-order valence-electron chi connectivity index (χ0n) is 6.70. The molecule has 5 heteroatoms. The normalized spacial score (nSPS) is 19.1. The summed E-state index contributed by atoms with van der Waals surface area (Å²) in [5, 5.41) is 0. The molecule has 0 fully saturated rings. The molecule has 0 bridgehead atoms. The van der Waals surface area contributed by atoms with Crippen LogP contribution in [0.4, 0.5) is 13.2 Å². The van der Waals surface area contributed by atoms with Gasteiger partial charge < -0.3 is 0 Å². The number of thioether (sulfide) groups is 1. The molecule has 0 heterocycles. The minimum Gasteiger partial charge on any atom is -0.160 e. The Morgan fingerprint density at radius 2 is 2.23 bits per heavy atom. The summed E-state index contributed by atoms with van der Waals surface area (Å²) in [7, 11) is 0. The lowest BCUT2D eigenvalue weighted by Crippen LogP contribution is -2.00. The van der Waals surface area contributed by atoms with E-state index < -0.39 is 5.51 Å². The molecule has 0 saturated heterocycles. The third-order valence-electron chi connectivity index (χ3n) is 1.68. The van der Waals surface area contributed by atoms with Gasteiger partial charge in [-0.2, -0.15) is 13.2 Å². The second-order valence-electron chi connectivity index (χ2n) is 2.64. The molecule has 0 N–H and O–H groups in total. The van der Waals surface area contributed by atoms with Crippen LogP contribution in [0.5, 0.6) is 0 Å². The van der Waals surface area contributed by atoms with Gasteiger partial charge in [-0.25, -0.2) is 0 Å². The summed E-state index contributed by atoms with van der Waals surface area (Å²) >= 11 is 5.19. The van der Waals surface area contributed by atoms with Crippen LogP contribution in [0, 0.1) is 0 Å². The molecule has 0 saturated carbocycles. The van der Waals surface area contributed by atoms with Crippen molar-refractivity contribution >= 4 is 23.4 Å². The van der Waals surface area contributed by atoms with E-state index in [0.717, 1.165) is 23.9 Å². The topological polar surface area (TPSA) is 0 Å². The van der Waals surface area contributed by atoms with E-state index in [1.165, 1.54) is 0 Å². The Morgan fingerprint density at radius 1 is 1.54 bits per heavy atom. The summed E-state index contributed by atoms with van der Waals surface area (Å²) in [6.07, 6.45) is 4.28. The molecular formula is C8H8ClF3S. The highest BCUT2D eigenvalue weighted by Crippen LogP contribution is 2.42. The predicted octanol–water partition coefficient (Wildman–Crippen LogP) is 4.43. The van der Waals surface area contributed by atoms with Gasteiger partial charge in [-0.15, -0.1) is 0 Å². The molecule has 1 aliphatic carbocycles. The average Bonchev–Trinajstić information content (AvgIpc) is 2.50. The zero-order valence-corrected chi connectivity index (χ0v) is 8.27. The minimum absolute atomic E-state index is 0.131. The van der Waals surface area contributed by atoms with Crippen LogP contribution in [0.15, 0.2) is 22.1 Å². The second-order valence-corrected chi connectivity index (χ2v) is 3.97. The average molecular weight is 229 g/mol. The Balaban J connectivity index is 2.64. The Kier molecular flexibility index (Phi) is 3.74. The van der Waals surface area contributed by atoms with Crippen LogP contribution in [0.2, 0.25) is 0 Å². The van der Waals surface area contributed by atoms with E-state index in [2.05, 4.69) is 0 Å². The fourth-order valence-electron chi connectivity index (χ4n) is 1.18. The van der Waals surface area contributed by atoms with Crippen LogP contribution in [-0.2, 0) is 0 Å². The molecule has 74 valence electrons. The summed E-state index contributed by atoms with van der Waals surface area (Å²) in [6.45, 7) is 0. The quantitative estimate of drug-likeness (QED) is 0.674. The van der Waals surface area contributed by atoms with Crippen molar-refractivity contribution in [2.24, 2.45) is 0 Å². The number of rotatable bonds is 2. The molecule has 0 nitrogen and oxygen atoms in total. The predicted molar refractivity (Wildman–Crippen MR) is 49.5 cm³/mol. The smallest absolute Gasteiger partial charge is 0.160 e. The van der Waals surface area contributed by atoms with Gasteiger partial charge in [0.15, 0.2) is 0 Å². The van der Waals surface area contributed by atoms with Gasteiger partial charge in [-0.3, -0.25) is 0 Å². The van der Waals surface area contributed by atoms with Gasteiger partial charge in [0.2, 0.25) is 0 Å². The van der Waals surface area contributed by atoms with Crippen LogP contribution in [-0.4, -0.2) is 5.51 Å². The number of alkyl halides is 3. The summed E-state index contributed by atoms with van der Waals surface area (Å²) in [5.41, 5.74) is -2.52. The van der Waals surface area contributed by atoms with E-state index in [-0.39, 0.29) is 16.7 Å². The number of hydrogen-bond acceptors (Lipinski definition) is 1. The maximum Gasteiger partial charge on any atom is 0.446 e. The molecule has 1 aliphatic rings. The van der Waals surface area contributed by atoms with E-state index in [0.29, 0.717) is 6.42 Å². The summed E-state index contributed by atoms with van der Waals surface area (Å²) in [4.78, 5) is 0.131. The maximum absolute atomic E-state index is 12.0. The van der Waals surface area contributed by atoms with E-state index in [9.17, 15) is 13.2 Å². The standard InChI is InChI=1S/C8H8ClF3S/c9-5-7(13-8(10,11)12)6-3-1-2-4-6/h3,5H,1-2,4H2/b7-5-. The second kappa shape index (κ2) is 4.42. The Bertz CT molecular complexity index is 242. The molecule has 0 amide bonds. The van der Waals surface area contributed by atoms with Gasteiger partial charge in [-0.1, -0.05) is 17.7 Å². The SMILES string of the molecule is FC(F)(F)S/C(=C\Cl)C1=CCCC1. The van der Waals surface area contributed by atoms with Crippen molar-refractivity contribution in [1.82, 2.24) is 0 Å². The lowest BCUT2D eigenvalue weighted by atomic mass is 10.2. The van der Waals surface area contributed by atoms with Gasteiger partial charge in [0.25, 0.3) is 0 Å². The van der Waals surface area contributed by atoms with Crippen molar-refractivity contribution in [3.05, 3.63) is 22.1 Å². The van der Waals surface area contributed by atoms with E-state index in [1.807, 2.05) is 6.08 Å². The number of halogens is 4. The van der Waals surface area contributed by atoms with E-state index in [4.69, 9.17) is 11.6 Å². The van der Waals surface area contributed by atoms with Crippen molar-refractivity contribution < 1.29 is 13.2 Å². The van der Waals surface area contributed by atoms with E-state index >= 15 is 0 Å². The molecule has 0 aromatic carbocycles. The highest BCUT2D eigenvalue weighted by Gasteiger charge is 2.31. The third kappa shape index (κ3) is 3.65. The molecule has 0 aromatic rings. The largest absolute Gasteiger partial charge is 0.446 e. The molecule has 13 heavy (non-hydrogen) atoms. The van der Waals surface area contributed by atoms with Gasteiger partial charge in [0.1, 0.15) is 0 Å². The molecule has 0 radical (unpaired) electrons. The molecule has 0 atom stereocenters. The summed E-state index contributed by atoms with van der Waals surface area (Å²) < 4.78 is 35.9. The van der Waals surface area contributed by atoms with Crippen LogP contribution < -0.4 is 0 Å². The van der Waals surface area contributed by atoms with Crippen molar-refractivity contribution in [3.8, 4) is 0 Å². The lowest BCUT2D eigenvalue weighted by Gasteiger charge is -2.09. The third-order valence-corrected chi connectivity index (χ3v) is 2.86. The van der Waals surface area contributed by atoms with E-state index in [1.54, 1.807) is 0 Å². The van der Waals surface area contributed by atoms with Crippen LogP contribution >= 0.6 is 23.4 Å². The van der Waals surface area contributed by atoms with Gasteiger partial charge >= 0.3 is 5.51 Å². The molecular weight excluding hydrogens is 221 g/mol. The summed E-state index contributed by atoms with van der Waals surface area (Å²) in [6, 6.07) is 0. The first-order valence-corrected chi connectivity index (χ1v) is 5.04. The lowest BCUT2D eigenvalue weighted by molar-refractivity contribution is -0.0321. The van der Waals surface area contributed by atoms with Crippen molar-refractivity contribution in [2.45, 2.75) is 24.8 Å². The first kappa shape index (κ1) is 11.0. The molecule has 0 aliphatic heterocycles. The number of allylic oxidation sites excluding steroid dienone is 2. The molecule has 0 unspecified atom stereocenters. The number of hydrogen-bond donors (Lipinski definition) is 0. The van der Waals surface area contributed by atoms with Crippen LogP contribution in [0.1, 0.15) is 19.3 Å². The molecule has 0 aromatic heterocycles. The highest BCUT2D eigenvalue weighted by molar-refractivity contribution is 8.04. The highest BCUT2D eigenvalue weighted by atomic mass is 35.5. The monoisotopic (exact) mass is 228 g/mol. The minimum atomic E-state index is -4.25. The van der Waals surface area contributed by atoms with Crippen molar-refractivity contribution in [3.63, 3.8) is 0 Å². The first-order chi connectivity index (χ1) is 6.03. The fraction of sp³-hybridized carbons (Fsp3) is 0.500. The fourth-order valence-corrected chi connectivity index (χ4v) is 2.06. The Morgan fingerprint density at radius 3 is 2.62 bits per heavy atom. The van der Waals surface area contributed by atoms with Crippen LogP contribution in [0.3, 0.4) is 0 Å². The van der Waals surface area contributed by atoms with Crippen LogP contribution in [0.25, 0.3) is 0 Å². The van der Waals surface area contributed by atoms with Gasteiger partial charge in [-0.05, 0) is 36.6 Å². The van der Waals surface area contributed by atoms with Crippen molar-refractivity contribution in [2.75, 3.05) is 0 Å². The van der Waals surface area contributed by atoms with Gasteiger partial charge in [0.05, 0.1) is 0 Å². The Hall–Kier alpha value is -0.0900. The maximum atomic E-state index is 12.0. The van der Waals surface area contributed by atoms with Crippen molar-refractivity contribution in [1.29, 1.82) is 0 Å². The zero-order chi connectivity index (χ0) is 9.90. The van der Waals surface area contributed by atoms with Gasteiger partial charge in [0, 0.05) is 10.4 Å².